The summed E-state index contributed by atoms with van der Waals surface area (Å²) in [6.45, 7) is 2.14. The fourth-order valence-electron chi connectivity index (χ4n) is 3.56. The summed E-state index contributed by atoms with van der Waals surface area (Å²) >= 11 is 1.36. The molecule has 134 valence electrons. The lowest BCUT2D eigenvalue weighted by Gasteiger charge is -2.41. The van der Waals surface area contributed by atoms with Crippen molar-refractivity contribution >= 4 is 27.5 Å². The van der Waals surface area contributed by atoms with Crippen molar-refractivity contribution < 1.29 is 4.79 Å². The molecule has 0 aromatic carbocycles. The van der Waals surface area contributed by atoms with Crippen LogP contribution < -0.4 is 21.5 Å². The third-order valence-corrected chi connectivity index (χ3v) is 6.05. The van der Waals surface area contributed by atoms with Crippen LogP contribution in [0.5, 0.6) is 0 Å². The van der Waals surface area contributed by atoms with Gasteiger partial charge in [0.2, 0.25) is 5.91 Å². The molecule has 2 fully saturated rings. The molecule has 4 rings (SSSR count). The second-order valence-electron chi connectivity index (χ2n) is 6.86. The lowest BCUT2D eigenvalue weighted by molar-refractivity contribution is -0.123. The van der Waals surface area contributed by atoms with E-state index in [1.165, 1.54) is 22.2 Å². The Hall–Kier alpha value is -1.77. The molecule has 0 spiro atoms. The molecule has 3 N–H and O–H groups in total. The Labute approximate surface area is 149 Å². The van der Waals surface area contributed by atoms with Gasteiger partial charge in [0, 0.05) is 18.1 Å². The highest BCUT2D eigenvalue weighted by Gasteiger charge is 2.33. The average molecular weight is 361 g/mol. The molecule has 2 aromatic rings. The first kappa shape index (κ1) is 16.7. The van der Waals surface area contributed by atoms with Crippen LogP contribution in [-0.2, 0) is 11.3 Å². The predicted molar refractivity (Wildman–Crippen MR) is 97.9 cm³/mol. The van der Waals surface area contributed by atoms with E-state index in [9.17, 15) is 9.59 Å². The maximum Gasteiger partial charge on any atom is 0.271 e. The van der Waals surface area contributed by atoms with E-state index in [0.717, 1.165) is 38.8 Å². The van der Waals surface area contributed by atoms with Crippen LogP contribution in [0.1, 0.15) is 25.7 Å². The molecule has 2 atom stereocenters. The summed E-state index contributed by atoms with van der Waals surface area (Å²) in [4.78, 5) is 28.9. The molecule has 1 aliphatic carbocycles. The van der Waals surface area contributed by atoms with Crippen LogP contribution >= 0.6 is 11.3 Å². The van der Waals surface area contributed by atoms with E-state index in [4.69, 9.17) is 0 Å². The standard InChI is InChI=1S/C17H23N5O2S/c23-15(9-22-10-19-14-5-8-25-16(14)17(22)24)21-13-2-1-12(13)20-11-3-6-18-7-4-11/h5,8,10-13,18,20H,1-4,6-7,9H2,(H,21,23)/t12-,13+/m1/s1. The van der Waals surface area contributed by atoms with Crippen molar-refractivity contribution in [3.63, 3.8) is 0 Å². The maximum absolute atomic E-state index is 12.4. The highest BCUT2D eigenvalue weighted by molar-refractivity contribution is 7.17. The van der Waals surface area contributed by atoms with Crippen LogP contribution in [0.4, 0.5) is 0 Å². The number of hydrogen-bond acceptors (Lipinski definition) is 6. The fraction of sp³-hybridized carbons (Fsp3) is 0.588. The van der Waals surface area contributed by atoms with E-state index in [0.29, 0.717) is 22.3 Å². The number of amides is 1. The minimum Gasteiger partial charge on any atom is -0.350 e. The molecule has 1 amide bonds. The molecule has 1 saturated carbocycles. The van der Waals surface area contributed by atoms with Gasteiger partial charge in [-0.05, 0) is 50.2 Å². The summed E-state index contributed by atoms with van der Waals surface area (Å²) in [5.41, 5.74) is 0.546. The summed E-state index contributed by atoms with van der Waals surface area (Å²) < 4.78 is 1.99. The molecule has 3 heterocycles. The van der Waals surface area contributed by atoms with Crippen molar-refractivity contribution in [3.05, 3.63) is 28.1 Å². The Morgan fingerprint density at radius 2 is 2.08 bits per heavy atom. The monoisotopic (exact) mass is 361 g/mol. The molecule has 2 aromatic heterocycles. The van der Waals surface area contributed by atoms with Gasteiger partial charge in [-0.15, -0.1) is 11.3 Å². The Kier molecular flexibility index (Phi) is 4.82. The van der Waals surface area contributed by atoms with E-state index < -0.39 is 0 Å². The molecular weight excluding hydrogens is 338 g/mol. The molecule has 1 saturated heterocycles. The molecule has 7 nitrogen and oxygen atoms in total. The van der Waals surface area contributed by atoms with Crippen LogP contribution in [0, 0.1) is 0 Å². The lowest BCUT2D eigenvalue weighted by Crippen LogP contribution is -2.60. The highest BCUT2D eigenvalue weighted by Crippen LogP contribution is 2.22. The normalized spacial score (nSPS) is 24.2. The van der Waals surface area contributed by atoms with Crippen molar-refractivity contribution in [1.82, 2.24) is 25.5 Å². The molecule has 8 heteroatoms. The Morgan fingerprint density at radius 1 is 1.28 bits per heavy atom. The Bertz CT molecular complexity index is 811. The minimum atomic E-state index is -0.145. The molecule has 0 unspecified atom stereocenters. The van der Waals surface area contributed by atoms with Gasteiger partial charge in [-0.25, -0.2) is 4.98 Å². The molecular formula is C17H23N5O2S. The predicted octanol–water partition coefficient (Wildman–Crippen LogP) is 0.447. The second-order valence-corrected chi connectivity index (χ2v) is 7.78. The maximum atomic E-state index is 12.4. The summed E-state index contributed by atoms with van der Waals surface area (Å²) in [6, 6.07) is 2.87. The van der Waals surface area contributed by atoms with Crippen LogP contribution in [0.2, 0.25) is 0 Å². The topological polar surface area (TPSA) is 88.0 Å². The molecule has 1 aliphatic heterocycles. The fourth-order valence-corrected chi connectivity index (χ4v) is 4.35. The minimum absolute atomic E-state index is 0.0240. The van der Waals surface area contributed by atoms with E-state index in [-0.39, 0.29) is 24.1 Å². The van der Waals surface area contributed by atoms with E-state index in [1.807, 2.05) is 11.4 Å². The zero-order chi connectivity index (χ0) is 17.2. The van der Waals surface area contributed by atoms with Crippen LogP contribution in [0.3, 0.4) is 0 Å². The summed E-state index contributed by atoms with van der Waals surface area (Å²) in [7, 11) is 0. The third kappa shape index (κ3) is 3.61. The summed E-state index contributed by atoms with van der Waals surface area (Å²) in [5, 5.41) is 12.0. The number of thiophene rings is 1. The van der Waals surface area contributed by atoms with Crippen LogP contribution in [0.15, 0.2) is 22.6 Å². The van der Waals surface area contributed by atoms with Gasteiger partial charge in [-0.3, -0.25) is 14.2 Å². The third-order valence-electron chi connectivity index (χ3n) is 5.16. The van der Waals surface area contributed by atoms with E-state index in [1.54, 1.807) is 0 Å². The first-order chi connectivity index (χ1) is 12.2. The number of carbonyl (C=O) groups is 1. The zero-order valence-electron chi connectivity index (χ0n) is 14.0. The summed E-state index contributed by atoms with van der Waals surface area (Å²) in [5.74, 6) is -0.124. The number of rotatable bonds is 5. The lowest BCUT2D eigenvalue weighted by atomic mass is 9.85. The van der Waals surface area contributed by atoms with Gasteiger partial charge < -0.3 is 16.0 Å². The van der Waals surface area contributed by atoms with Gasteiger partial charge in [0.15, 0.2) is 0 Å². The first-order valence-electron chi connectivity index (χ1n) is 8.89. The smallest absolute Gasteiger partial charge is 0.271 e. The number of fused-ring (bicyclic) bond motifs is 1. The Morgan fingerprint density at radius 3 is 2.84 bits per heavy atom. The number of carbonyl (C=O) groups excluding carboxylic acids is 1. The molecule has 0 bridgehead atoms. The first-order valence-corrected chi connectivity index (χ1v) is 9.77. The largest absolute Gasteiger partial charge is 0.350 e. The van der Waals surface area contributed by atoms with Crippen LogP contribution in [0.25, 0.3) is 10.2 Å². The SMILES string of the molecule is O=C(Cn1cnc2ccsc2c1=O)N[C@H]1CC[C@H]1NC1CCNCC1. The van der Waals surface area contributed by atoms with Gasteiger partial charge in [-0.2, -0.15) is 0 Å². The number of piperidine rings is 1. The van der Waals surface area contributed by atoms with Crippen LogP contribution in [-0.4, -0.2) is 46.7 Å². The van der Waals surface area contributed by atoms with Crippen molar-refractivity contribution in [3.8, 4) is 0 Å². The number of aromatic nitrogens is 2. The van der Waals surface area contributed by atoms with Crippen molar-refractivity contribution in [1.29, 1.82) is 0 Å². The second kappa shape index (κ2) is 7.23. The average Bonchev–Trinajstić information content (AvgIpc) is 3.10. The number of hydrogen-bond donors (Lipinski definition) is 3. The van der Waals surface area contributed by atoms with Crippen molar-refractivity contribution in [2.45, 2.75) is 50.4 Å². The van der Waals surface area contributed by atoms with Gasteiger partial charge in [0.25, 0.3) is 5.56 Å². The quantitative estimate of drug-likeness (QED) is 0.720. The van der Waals surface area contributed by atoms with Crippen molar-refractivity contribution in [2.24, 2.45) is 0 Å². The van der Waals surface area contributed by atoms with Gasteiger partial charge in [0.1, 0.15) is 11.2 Å². The number of nitrogens with zero attached hydrogens (tertiary/aromatic N) is 2. The molecule has 0 radical (unpaired) electrons. The summed E-state index contributed by atoms with van der Waals surface area (Å²) in [6.07, 6.45) is 5.82. The van der Waals surface area contributed by atoms with E-state index in [2.05, 4.69) is 20.9 Å². The van der Waals surface area contributed by atoms with Crippen molar-refractivity contribution in [2.75, 3.05) is 13.1 Å². The number of nitrogens with one attached hydrogen (secondary N) is 3. The molecule has 2 aliphatic rings. The Balaban J connectivity index is 1.33. The van der Waals surface area contributed by atoms with Gasteiger partial charge >= 0.3 is 0 Å². The zero-order valence-corrected chi connectivity index (χ0v) is 14.8. The van der Waals surface area contributed by atoms with Gasteiger partial charge in [-0.1, -0.05) is 0 Å². The van der Waals surface area contributed by atoms with E-state index >= 15 is 0 Å². The molecule has 25 heavy (non-hydrogen) atoms. The highest BCUT2D eigenvalue weighted by atomic mass is 32.1. The van der Waals surface area contributed by atoms with Gasteiger partial charge in [0.05, 0.1) is 11.8 Å².